The number of methoxy groups -OCH3 is 1. The summed E-state index contributed by atoms with van der Waals surface area (Å²) in [4.78, 5) is 32.6. The standard InChI is InChI=1S/C29H26N2O5S2/c1-4-35-28(33)25-18(2)30-29-31(26(25)23-11-8-14-37-23)27(32)24(38-29)16-20-12-13-21(22(15-20)34-3)36-17-19-9-6-5-7-10-19/h5-16,26H,4,17H2,1-3H3. The maximum absolute atomic E-state index is 13.7. The van der Waals surface area contributed by atoms with E-state index in [-0.39, 0.29) is 12.2 Å². The van der Waals surface area contributed by atoms with E-state index < -0.39 is 12.0 Å². The molecule has 0 bridgehead atoms. The van der Waals surface area contributed by atoms with Crippen molar-refractivity contribution in [3.63, 3.8) is 0 Å². The Morgan fingerprint density at radius 1 is 1.11 bits per heavy atom. The highest BCUT2D eigenvalue weighted by atomic mass is 32.1. The van der Waals surface area contributed by atoms with Crippen molar-refractivity contribution in [3.05, 3.63) is 113 Å². The summed E-state index contributed by atoms with van der Waals surface area (Å²) in [5.74, 6) is 0.721. The minimum absolute atomic E-state index is 0.218. The van der Waals surface area contributed by atoms with Crippen molar-refractivity contribution in [3.8, 4) is 11.5 Å². The molecule has 0 fully saturated rings. The molecule has 0 aliphatic carbocycles. The number of benzene rings is 2. The van der Waals surface area contributed by atoms with Crippen LogP contribution in [-0.4, -0.2) is 24.3 Å². The molecule has 0 spiro atoms. The Bertz CT molecular complexity index is 1670. The number of rotatable bonds is 8. The molecule has 194 valence electrons. The van der Waals surface area contributed by atoms with E-state index in [9.17, 15) is 9.59 Å². The van der Waals surface area contributed by atoms with Crippen molar-refractivity contribution in [2.24, 2.45) is 4.99 Å². The summed E-state index contributed by atoms with van der Waals surface area (Å²) < 4.78 is 19.0. The maximum atomic E-state index is 13.7. The molecule has 0 saturated heterocycles. The van der Waals surface area contributed by atoms with E-state index >= 15 is 0 Å². The zero-order valence-electron chi connectivity index (χ0n) is 21.2. The molecule has 7 nitrogen and oxygen atoms in total. The summed E-state index contributed by atoms with van der Waals surface area (Å²) in [7, 11) is 1.59. The van der Waals surface area contributed by atoms with Crippen molar-refractivity contribution in [2.45, 2.75) is 26.5 Å². The van der Waals surface area contributed by atoms with Crippen molar-refractivity contribution >= 4 is 34.7 Å². The minimum atomic E-state index is -0.587. The first-order chi connectivity index (χ1) is 18.5. The molecule has 5 rings (SSSR count). The Morgan fingerprint density at radius 2 is 1.92 bits per heavy atom. The van der Waals surface area contributed by atoms with E-state index in [1.807, 2.05) is 72.1 Å². The van der Waals surface area contributed by atoms with E-state index in [0.29, 0.717) is 38.7 Å². The van der Waals surface area contributed by atoms with Gasteiger partial charge in [-0.25, -0.2) is 9.79 Å². The Balaban J connectivity index is 1.53. The topological polar surface area (TPSA) is 79.1 Å². The SMILES string of the molecule is CCOC(=O)C1=C(C)N=c2sc(=Cc3ccc(OCc4ccccc4)c(OC)c3)c(=O)n2C1c1cccs1. The molecule has 2 aromatic carbocycles. The van der Waals surface area contributed by atoms with E-state index in [1.54, 1.807) is 25.5 Å². The Morgan fingerprint density at radius 3 is 2.63 bits per heavy atom. The first-order valence-electron chi connectivity index (χ1n) is 12.1. The van der Waals surface area contributed by atoms with Crippen LogP contribution in [0.4, 0.5) is 0 Å². The second-order valence-corrected chi connectivity index (χ2v) is 10.5. The quantitative estimate of drug-likeness (QED) is 0.305. The number of carbonyl (C=O) groups excluding carboxylic acids is 1. The summed E-state index contributed by atoms with van der Waals surface area (Å²) in [6, 6.07) is 18.7. The fourth-order valence-electron chi connectivity index (χ4n) is 4.29. The fourth-order valence-corrected chi connectivity index (χ4v) is 6.16. The largest absolute Gasteiger partial charge is 0.493 e. The van der Waals surface area contributed by atoms with Crippen LogP contribution in [0.3, 0.4) is 0 Å². The molecule has 1 atom stereocenters. The number of nitrogens with zero attached hydrogens (tertiary/aromatic N) is 2. The number of hydrogen-bond acceptors (Lipinski definition) is 8. The molecule has 0 saturated carbocycles. The van der Waals surface area contributed by atoms with Crippen molar-refractivity contribution in [1.82, 2.24) is 4.57 Å². The molecule has 9 heteroatoms. The number of ether oxygens (including phenoxy) is 3. The number of allylic oxidation sites excluding steroid dienone is 1. The lowest BCUT2D eigenvalue weighted by atomic mass is 10.0. The number of carbonyl (C=O) groups is 1. The van der Waals surface area contributed by atoms with E-state index in [2.05, 4.69) is 4.99 Å². The molecule has 2 aromatic heterocycles. The minimum Gasteiger partial charge on any atom is -0.493 e. The van der Waals surface area contributed by atoms with Gasteiger partial charge in [0.25, 0.3) is 5.56 Å². The zero-order valence-corrected chi connectivity index (χ0v) is 22.8. The highest BCUT2D eigenvalue weighted by Gasteiger charge is 2.33. The number of hydrogen-bond donors (Lipinski definition) is 0. The van der Waals surface area contributed by atoms with Gasteiger partial charge in [0.2, 0.25) is 0 Å². The predicted molar refractivity (Wildman–Crippen MR) is 148 cm³/mol. The van der Waals surface area contributed by atoms with Gasteiger partial charge in [-0.3, -0.25) is 9.36 Å². The Kier molecular flexibility index (Phi) is 7.57. The Labute approximate surface area is 227 Å². The molecule has 1 aliphatic heterocycles. The van der Waals surface area contributed by atoms with Crippen LogP contribution in [0, 0.1) is 0 Å². The monoisotopic (exact) mass is 546 g/mol. The van der Waals surface area contributed by atoms with Crippen LogP contribution in [0.2, 0.25) is 0 Å². The van der Waals surface area contributed by atoms with Crippen LogP contribution < -0.4 is 24.4 Å². The number of aromatic nitrogens is 1. The zero-order chi connectivity index (χ0) is 26.6. The summed E-state index contributed by atoms with van der Waals surface area (Å²) in [6.45, 7) is 4.20. The molecule has 1 unspecified atom stereocenters. The first kappa shape index (κ1) is 25.7. The lowest BCUT2D eigenvalue weighted by molar-refractivity contribution is -0.139. The summed E-state index contributed by atoms with van der Waals surface area (Å²) in [6.07, 6.45) is 1.81. The predicted octanol–water partition coefficient (Wildman–Crippen LogP) is 4.45. The molecular weight excluding hydrogens is 520 g/mol. The third-order valence-electron chi connectivity index (χ3n) is 6.05. The summed E-state index contributed by atoms with van der Waals surface area (Å²) in [5, 5.41) is 1.93. The highest BCUT2D eigenvalue weighted by molar-refractivity contribution is 7.10. The highest BCUT2D eigenvalue weighted by Crippen LogP contribution is 2.33. The van der Waals surface area contributed by atoms with Gasteiger partial charge in [-0.05, 0) is 54.6 Å². The van der Waals surface area contributed by atoms with Gasteiger partial charge in [-0.1, -0.05) is 53.8 Å². The van der Waals surface area contributed by atoms with E-state index in [0.717, 1.165) is 16.0 Å². The summed E-state index contributed by atoms with van der Waals surface area (Å²) in [5.41, 5.74) is 2.56. The Hall–Kier alpha value is -3.95. The average molecular weight is 547 g/mol. The van der Waals surface area contributed by atoms with Crippen LogP contribution in [0.5, 0.6) is 11.5 Å². The van der Waals surface area contributed by atoms with Crippen LogP contribution in [0.1, 0.15) is 35.9 Å². The van der Waals surface area contributed by atoms with Gasteiger partial charge in [-0.15, -0.1) is 11.3 Å². The number of thiophene rings is 1. The lowest BCUT2D eigenvalue weighted by Gasteiger charge is -2.23. The first-order valence-corrected chi connectivity index (χ1v) is 13.8. The lowest BCUT2D eigenvalue weighted by Crippen LogP contribution is -2.39. The van der Waals surface area contributed by atoms with Crippen LogP contribution in [0.15, 0.2) is 87.1 Å². The van der Waals surface area contributed by atoms with Gasteiger partial charge in [0, 0.05) is 4.88 Å². The van der Waals surface area contributed by atoms with Gasteiger partial charge in [0.15, 0.2) is 16.3 Å². The number of esters is 1. The van der Waals surface area contributed by atoms with Gasteiger partial charge in [-0.2, -0.15) is 0 Å². The van der Waals surface area contributed by atoms with Crippen molar-refractivity contribution in [1.29, 1.82) is 0 Å². The molecule has 4 aromatic rings. The van der Waals surface area contributed by atoms with Gasteiger partial charge in [0.1, 0.15) is 12.6 Å². The fraction of sp³-hybridized carbons (Fsp3) is 0.207. The number of fused-ring (bicyclic) bond motifs is 1. The molecule has 0 radical (unpaired) electrons. The van der Waals surface area contributed by atoms with Gasteiger partial charge >= 0.3 is 5.97 Å². The molecule has 38 heavy (non-hydrogen) atoms. The second-order valence-electron chi connectivity index (χ2n) is 8.50. The third kappa shape index (κ3) is 5.07. The smallest absolute Gasteiger partial charge is 0.338 e. The maximum Gasteiger partial charge on any atom is 0.338 e. The van der Waals surface area contributed by atoms with E-state index in [1.165, 1.54) is 22.7 Å². The summed E-state index contributed by atoms with van der Waals surface area (Å²) >= 11 is 2.77. The molecule has 3 heterocycles. The van der Waals surface area contributed by atoms with Crippen molar-refractivity contribution < 1.29 is 19.0 Å². The molecular formula is C29H26N2O5S2. The molecule has 0 amide bonds. The number of thiazole rings is 1. The molecule has 0 N–H and O–H groups in total. The third-order valence-corrected chi connectivity index (χ3v) is 7.96. The normalized spacial score (nSPS) is 15.1. The van der Waals surface area contributed by atoms with Crippen LogP contribution in [0.25, 0.3) is 6.08 Å². The van der Waals surface area contributed by atoms with E-state index in [4.69, 9.17) is 14.2 Å². The molecule has 1 aliphatic rings. The van der Waals surface area contributed by atoms with Crippen molar-refractivity contribution in [2.75, 3.05) is 13.7 Å². The van der Waals surface area contributed by atoms with Gasteiger partial charge in [0.05, 0.1) is 29.5 Å². The van der Waals surface area contributed by atoms with Crippen LogP contribution >= 0.6 is 22.7 Å². The van der Waals surface area contributed by atoms with Gasteiger partial charge < -0.3 is 14.2 Å². The van der Waals surface area contributed by atoms with Crippen LogP contribution in [-0.2, 0) is 16.1 Å². The average Bonchev–Trinajstić information content (AvgIpc) is 3.56. The second kappa shape index (κ2) is 11.2.